The first-order chi connectivity index (χ1) is 9.61. The van der Waals surface area contributed by atoms with Crippen molar-refractivity contribution >= 4 is 5.91 Å². The SMILES string of the molecule is CCCC(Cc1ccccc1)C(=O)n1nc(C)cc1C. The predicted octanol–water partition coefficient (Wildman–Crippen LogP) is 3.80. The molecule has 0 amide bonds. The van der Waals surface area contributed by atoms with Crippen LogP contribution >= 0.6 is 0 Å². The van der Waals surface area contributed by atoms with Crippen molar-refractivity contribution in [1.29, 1.82) is 0 Å². The number of carbonyl (C=O) groups excluding carboxylic acids is 1. The van der Waals surface area contributed by atoms with Crippen molar-refractivity contribution in [3.8, 4) is 0 Å². The van der Waals surface area contributed by atoms with Gasteiger partial charge in [-0.15, -0.1) is 0 Å². The molecule has 20 heavy (non-hydrogen) atoms. The minimum Gasteiger partial charge on any atom is -0.272 e. The molecule has 0 aliphatic rings. The molecule has 1 aromatic carbocycles. The number of benzene rings is 1. The Morgan fingerprint density at radius 2 is 1.95 bits per heavy atom. The van der Waals surface area contributed by atoms with Gasteiger partial charge in [-0.1, -0.05) is 43.7 Å². The lowest BCUT2D eigenvalue weighted by molar-refractivity contribution is 0.0805. The number of nitrogens with zero attached hydrogens (tertiary/aromatic N) is 2. The summed E-state index contributed by atoms with van der Waals surface area (Å²) in [7, 11) is 0. The van der Waals surface area contributed by atoms with Crippen molar-refractivity contribution in [3.05, 3.63) is 53.3 Å². The van der Waals surface area contributed by atoms with Crippen LogP contribution in [0.5, 0.6) is 0 Å². The summed E-state index contributed by atoms with van der Waals surface area (Å²) in [5.41, 5.74) is 3.02. The Balaban J connectivity index is 2.20. The molecule has 0 fully saturated rings. The molecule has 0 aliphatic heterocycles. The van der Waals surface area contributed by atoms with Crippen LogP contribution in [-0.4, -0.2) is 15.7 Å². The van der Waals surface area contributed by atoms with Crippen LogP contribution < -0.4 is 0 Å². The zero-order valence-electron chi connectivity index (χ0n) is 12.5. The lowest BCUT2D eigenvalue weighted by Crippen LogP contribution is -2.25. The third kappa shape index (κ3) is 3.35. The number of carbonyl (C=O) groups is 1. The summed E-state index contributed by atoms with van der Waals surface area (Å²) in [6, 6.07) is 12.1. The fourth-order valence-electron chi connectivity index (χ4n) is 2.58. The molecular weight excluding hydrogens is 248 g/mol. The lowest BCUT2D eigenvalue weighted by atomic mass is 9.94. The topological polar surface area (TPSA) is 34.9 Å². The van der Waals surface area contributed by atoms with E-state index in [1.54, 1.807) is 4.68 Å². The first-order valence-corrected chi connectivity index (χ1v) is 7.23. The first-order valence-electron chi connectivity index (χ1n) is 7.23. The standard InChI is InChI=1S/C17H22N2O/c1-4-8-16(12-15-9-6-5-7-10-15)17(20)19-14(3)11-13(2)18-19/h5-7,9-11,16H,4,8,12H2,1-3H3. The van der Waals surface area contributed by atoms with E-state index in [0.717, 1.165) is 30.7 Å². The largest absolute Gasteiger partial charge is 0.272 e. The van der Waals surface area contributed by atoms with Gasteiger partial charge in [-0.25, -0.2) is 4.68 Å². The summed E-state index contributed by atoms with van der Waals surface area (Å²) in [6.45, 7) is 5.97. The zero-order valence-corrected chi connectivity index (χ0v) is 12.5. The third-order valence-corrected chi connectivity index (χ3v) is 3.53. The Morgan fingerprint density at radius 1 is 1.25 bits per heavy atom. The number of hydrogen-bond donors (Lipinski definition) is 0. The molecule has 0 saturated heterocycles. The van der Waals surface area contributed by atoms with Gasteiger partial charge in [-0.3, -0.25) is 4.79 Å². The van der Waals surface area contributed by atoms with E-state index in [4.69, 9.17) is 0 Å². The van der Waals surface area contributed by atoms with Crippen LogP contribution in [-0.2, 0) is 6.42 Å². The molecule has 0 aliphatic carbocycles. The number of aryl methyl sites for hydroxylation is 2. The molecule has 1 heterocycles. The van der Waals surface area contributed by atoms with Crippen molar-refractivity contribution in [2.75, 3.05) is 0 Å². The fourth-order valence-corrected chi connectivity index (χ4v) is 2.58. The Kier molecular flexibility index (Phi) is 4.72. The third-order valence-electron chi connectivity index (χ3n) is 3.53. The molecule has 0 spiro atoms. The summed E-state index contributed by atoms with van der Waals surface area (Å²) in [5.74, 6) is 0.113. The van der Waals surface area contributed by atoms with Crippen LogP contribution in [0.3, 0.4) is 0 Å². The van der Waals surface area contributed by atoms with Crippen molar-refractivity contribution < 1.29 is 4.79 Å². The molecule has 3 heteroatoms. The Morgan fingerprint density at radius 3 is 2.50 bits per heavy atom. The molecule has 0 bridgehead atoms. The zero-order chi connectivity index (χ0) is 14.5. The number of hydrogen-bond acceptors (Lipinski definition) is 2. The lowest BCUT2D eigenvalue weighted by Gasteiger charge is -2.15. The summed E-state index contributed by atoms with van der Waals surface area (Å²) >= 11 is 0. The van der Waals surface area contributed by atoms with Crippen LogP contribution in [0.4, 0.5) is 0 Å². The second-order valence-corrected chi connectivity index (χ2v) is 5.35. The summed E-state index contributed by atoms with van der Waals surface area (Å²) in [6.07, 6.45) is 2.68. The molecule has 0 saturated carbocycles. The number of rotatable bonds is 5. The highest BCUT2D eigenvalue weighted by Gasteiger charge is 2.21. The van der Waals surface area contributed by atoms with Gasteiger partial charge in [0.2, 0.25) is 0 Å². The summed E-state index contributed by atoms with van der Waals surface area (Å²) in [4.78, 5) is 12.7. The predicted molar refractivity (Wildman–Crippen MR) is 80.9 cm³/mol. The first kappa shape index (κ1) is 14.5. The van der Waals surface area contributed by atoms with Gasteiger partial charge in [0.25, 0.3) is 5.91 Å². The van der Waals surface area contributed by atoms with E-state index in [1.165, 1.54) is 5.56 Å². The van der Waals surface area contributed by atoms with Gasteiger partial charge in [-0.2, -0.15) is 5.10 Å². The van der Waals surface area contributed by atoms with Gasteiger partial charge < -0.3 is 0 Å². The maximum Gasteiger partial charge on any atom is 0.250 e. The van der Waals surface area contributed by atoms with Gasteiger partial charge in [0.15, 0.2) is 0 Å². The van der Waals surface area contributed by atoms with Crippen molar-refractivity contribution in [3.63, 3.8) is 0 Å². The van der Waals surface area contributed by atoms with Crippen molar-refractivity contribution in [1.82, 2.24) is 9.78 Å². The molecule has 2 aromatic rings. The molecule has 106 valence electrons. The molecular formula is C17H22N2O. The van der Waals surface area contributed by atoms with Crippen molar-refractivity contribution in [2.24, 2.45) is 5.92 Å². The fraction of sp³-hybridized carbons (Fsp3) is 0.412. The second kappa shape index (κ2) is 6.51. The quantitative estimate of drug-likeness (QED) is 0.828. The van der Waals surface area contributed by atoms with E-state index >= 15 is 0 Å². The molecule has 1 unspecified atom stereocenters. The van der Waals surface area contributed by atoms with Gasteiger partial charge in [0, 0.05) is 11.6 Å². The molecule has 1 aromatic heterocycles. The Hall–Kier alpha value is -1.90. The average molecular weight is 270 g/mol. The molecule has 1 atom stereocenters. The maximum absolute atomic E-state index is 12.7. The maximum atomic E-state index is 12.7. The van der Waals surface area contributed by atoms with E-state index < -0.39 is 0 Å². The summed E-state index contributed by atoms with van der Waals surface area (Å²) in [5, 5.41) is 4.32. The smallest absolute Gasteiger partial charge is 0.250 e. The highest BCUT2D eigenvalue weighted by atomic mass is 16.2. The van der Waals surface area contributed by atoms with E-state index in [2.05, 4.69) is 24.2 Å². The minimum absolute atomic E-state index is 0.000370. The van der Waals surface area contributed by atoms with Crippen LogP contribution in [0.1, 0.15) is 41.5 Å². The second-order valence-electron chi connectivity index (χ2n) is 5.35. The van der Waals surface area contributed by atoms with Gasteiger partial charge in [-0.05, 0) is 38.3 Å². The highest BCUT2D eigenvalue weighted by Crippen LogP contribution is 2.17. The molecule has 0 N–H and O–H groups in total. The van der Waals surface area contributed by atoms with Crippen LogP contribution in [0, 0.1) is 19.8 Å². The van der Waals surface area contributed by atoms with Gasteiger partial charge in [0.05, 0.1) is 5.69 Å². The molecule has 0 radical (unpaired) electrons. The monoisotopic (exact) mass is 270 g/mol. The highest BCUT2D eigenvalue weighted by molar-refractivity contribution is 5.81. The van der Waals surface area contributed by atoms with E-state index in [0.29, 0.717) is 0 Å². The van der Waals surface area contributed by atoms with E-state index in [-0.39, 0.29) is 11.8 Å². The van der Waals surface area contributed by atoms with Crippen molar-refractivity contribution in [2.45, 2.75) is 40.0 Å². The minimum atomic E-state index is 0.000370. The Labute approximate surface area is 120 Å². The van der Waals surface area contributed by atoms with Crippen LogP contribution in [0.2, 0.25) is 0 Å². The van der Waals surface area contributed by atoms with Gasteiger partial charge in [0.1, 0.15) is 0 Å². The summed E-state index contributed by atoms with van der Waals surface area (Å²) < 4.78 is 1.57. The van der Waals surface area contributed by atoms with Gasteiger partial charge >= 0.3 is 0 Å². The Bertz CT molecular complexity index is 572. The molecule has 3 nitrogen and oxygen atoms in total. The average Bonchev–Trinajstić information content (AvgIpc) is 2.77. The van der Waals surface area contributed by atoms with E-state index in [1.807, 2.05) is 38.1 Å². The van der Waals surface area contributed by atoms with E-state index in [9.17, 15) is 4.79 Å². The van der Waals surface area contributed by atoms with Crippen LogP contribution in [0.15, 0.2) is 36.4 Å². The number of aromatic nitrogens is 2. The normalized spacial score (nSPS) is 12.3. The molecule has 2 rings (SSSR count). The van der Waals surface area contributed by atoms with Crippen LogP contribution in [0.25, 0.3) is 0 Å².